The van der Waals surface area contributed by atoms with E-state index in [2.05, 4.69) is 9.82 Å². The normalized spacial score (nSPS) is 14.7. The highest BCUT2D eigenvalue weighted by atomic mass is 32.2. The molecule has 1 aliphatic rings. The van der Waals surface area contributed by atoms with Gasteiger partial charge >= 0.3 is 5.97 Å². The highest BCUT2D eigenvalue weighted by Gasteiger charge is 2.23. The number of hydrogen-bond acceptors (Lipinski definition) is 4. The number of aryl methyl sites for hydroxylation is 1. The van der Waals surface area contributed by atoms with Crippen LogP contribution in [-0.2, 0) is 16.6 Å². The first-order chi connectivity index (χ1) is 10.8. The molecular formula is C15H17N3O4S. The molecule has 122 valence electrons. The standard InChI is InChI=1S/C15H17N3O4S/c1-10-2-5-12(15(19)20)6-14(10)23(21,22)17-13-7-16-18(9-13)8-11-3-4-11/h2,5-7,9,11,17H,3-4,8H2,1H3,(H,19,20). The van der Waals surface area contributed by atoms with Gasteiger partial charge in [-0.1, -0.05) is 6.07 Å². The molecule has 0 amide bonds. The second-order valence-electron chi connectivity index (χ2n) is 5.79. The van der Waals surface area contributed by atoms with Gasteiger partial charge in [-0.3, -0.25) is 9.40 Å². The average Bonchev–Trinajstić information content (AvgIpc) is 3.18. The number of nitrogens with one attached hydrogen (secondary N) is 1. The topological polar surface area (TPSA) is 101 Å². The molecule has 0 aliphatic heterocycles. The summed E-state index contributed by atoms with van der Waals surface area (Å²) < 4.78 is 29.2. The number of nitrogens with zero attached hydrogens (tertiary/aromatic N) is 2. The monoisotopic (exact) mass is 335 g/mol. The molecule has 1 aromatic carbocycles. The maximum Gasteiger partial charge on any atom is 0.335 e. The van der Waals surface area contributed by atoms with Crippen molar-refractivity contribution in [2.45, 2.75) is 31.2 Å². The van der Waals surface area contributed by atoms with Gasteiger partial charge in [0.05, 0.1) is 22.3 Å². The summed E-state index contributed by atoms with van der Waals surface area (Å²) in [4.78, 5) is 11.0. The fraction of sp³-hybridized carbons (Fsp3) is 0.333. The fourth-order valence-electron chi connectivity index (χ4n) is 2.31. The first-order valence-electron chi connectivity index (χ1n) is 7.24. The van der Waals surface area contributed by atoms with Gasteiger partial charge in [0.2, 0.25) is 0 Å². The Morgan fingerprint density at radius 1 is 1.43 bits per heavy atom. The highest BCUT2D eigenvalue weighted by molar-refractivity contribution is 7.92. The maximum atomic E-state index is 12.5. The van der Waals surface area contributed by atoms with Crippen LogP contribution in [0.3, 0.4) is 0 Å². The quantitative estimate of drug-likeness (QED) is 0.842. The number of sulfonamides is 1. The Hall–Kier alpha value is -2.35. The zero-order valence-corrected chi connectivity index (χ0v) is 13.4. The van der Waals surface area contributed by atoms with Crippen LogP contribution in [0, 0.1) is 12.8 Å². The third kappa shape index (κ3) is 3.53. The summed E-state index contributed by atoms with van der Waals surface area (Å²) in [7, 11) is -3.87. The van der Waals surface area contributed by atoms with Gasteiger partial charge in [-0.15, -0.1) is 0 Å². The zero-order chi connectivity index (χ0) is 16.6. The molecule has 23 heavy (non-hydrogen) atoms. The van der Waals surface area contributed by atoms with Crippen LogP contribution in [0.2, 0.25) is 0 Å². The van der Waals surface area contributed by atoms with Crippen molar-refractivity contribution in [2.75, 3.05) is 4.72 Å². The van der Waals surface area contributed by atoms with Crippen LogP contribution in [0.15, 0.2) is 35.5 Å². The van der Waals surface area contributed by atoms with Crippen LogP contribution in [0.25, 0.3) is 0 Å². The molecular weight excluding hydrogens is 318 g/mol. The minimum Gasteiger partial charge on any atom is -0.478 e. The summed E-state index contributed by atoms with van der Waals surface area (Å²) in [6.07, 6.45) is 5.47. The zero-order valence-electron chi connectivity index (χ0n) is 12.6. The molecule has 1 aliphatic carbocycles. The first-order valence-corrected chi connectivity index (χ1v) is 8.73. The Morgan fingerprint density at radius 3 is 2.83 bits per heavy atom. The van der Waals surface area contributed by atoms with E-state index in [1.165, 1.54) is 31.2 Å². The van der Waals surface area contributed by atoms with Crippen molar-refractivity contribution < 1.29 is 18.3 Å². The van der Waals surface area contributed by atoms with E-state index in [1.54, 1.807) is 17.8 Å². The fourth-order valence-corrected chi connectivity index (χ4v) is 3.61. The molecule has 1 heterocycles. The van der Waals surface area contributed by atoms with E-state index in [0.29, 0.717) is 17.2 Å². The van der Waals surface area contributed by atoms with Gasteiger partial charge in [0, 0.05) is 12.7 Å². The summed E-state index contributed by atoms with van der Waals surface area (Å²) in [6, 6.07) is 4.02. The van der Waals surface area contributed by atoms with E-state index < -0.39 is 16.0 Å². The molecule has 8 heteroatoms. The third-order valence-corrected chi connectivity index (χ3v) is 5.28. The van der Waals surface area contributed by atoms with Crippen LogP contribution < -0.4 is 4.72 Å². The predicted octanol–water partition coefficient (Wildman–Crippen LogP) is 2.10. The number of aromatic nitrogens is 2. The summed E-state index contributed by atoms with van der Waals surface area (Å²) in [5.41, 5.74) is 0.777. The SMILES string of the molecule is Cc1ccc(C(=O)O)cc1S(=O)(=O)Nc1cnn(CC2CC2)c1. The largest absolute Gasteiger partial charge is 0.478 e. The Balaban J connectivity index is 1.84. The molecule has 3 rings (SSSR count). The van der Waals surface area contributed by atoms with Crippen molar-refractivity contribution in [2.24, 2.45) is 5.92 Å². The number of aromatic carboxylic acids is 1. The molecule has 0 spiro atoms. The summed E-state index contributed by atoms with van der Waals surface area (Å²) in [5, 5.41) is 13.2. The van der Waals surface area contributed by atoms with Crippen LogP contribution in [0.1, 0.15) is 28.8 Å². The number of hydrogen-bond donors (Lipinski definition) is 2. The van der Waals surface area contributed by atoms with Crippen LogP contribution in [-0.4, -0.2) is 29.3 Å². The van der Waals surface area contributed by atoms with Gasteiger partial charge in [0.25, 0.3) is 10.0 Å². The maximum absolute atomic E-state index is 12.5. The van der Waals surface area contributed by atoms with Gasteiger partial charge in [0.1, 0.15) is 0 Å². The van der Waals surface area contributed by atoms with Crippen LogP contribution >= 0.6 is 0 Å². The molecule has 0 unspecified atom stereocenters. The molecule has 0 bridgehead atoms. The Bertz CT molecular complexity index is 853. The number of carboxylic acid groups (broad SMARTS) is 1. The van der Waals surface area contributed by atoms with Crippen molar-refractivity contribution in [1.29, 1.82) is 0 Å². The van der Waals surface area contributed by atoms with Gasteiger partial charge in [-0.25, -0.2) is 13.2 Å². The second kappa shape index (κ2) is 5.69. The lowest BCUT2D eigenvalue weighted by atomic mass is 10.1. The van der Waals surface area contributed by atoms with Crippen molar-refractivity contribution in [3.8, 4) is 0 Å². The van der Waals surface area contributed by atoms with E-state index in [9.17, 15) is 13.2 Å². The molecule has 7 nitrogen and oxygen atoms in total. The summed E-state index contributed by atoms with van der Waals surface area (Å²) in [5.74, 6) is -0.535. The van der Waals surface area contributed by atoms with Gasteiger partial charge in [-0.05, 0) is 43.4 Å². The first kappa shape index (κ1) is 15.5. The van der Waals surface area contributed by atoms with Crippen LogP contribution in [0.5, 0.6) is 0 Å². The molecule has 0 radical (unpaired) electrons. The summed E-state index contributed by atoms with van der Waals surface area (Å²) in [6.45, 7) is 2.41. The number of carboxylic acids is 1. The van der Waals surface area contributed by atoms with Gasteiger partial charge in [-0.2, -0.15) is 5.10 Å². The van der Waals surface area contributed by atoms with Crippen molar-refractivity contribution in [1.82, 2.24) is 9.78 Å². The predicted molar refractivity (Wildman–Crippen MR) is 83.9 cm³/mol. The van der Waals surface area contributed by atoms with Crippen molar-refractivity contribution in [3.05, 3.63) is 41.7 Å². The Labute approximate surface area is 134 Å². The van der Waals surface area contributed by atoms with Gasteiger partial charge < -0.3 is 5.11 Å². The average molecular weight is 335 g/mol. The molecule has 1 aromatic heterocycles. The van der Waals surface area contributed by atoms with E-state index >= 15 is 0 Å². The van der Waals surface area contributed by atoms with E-state index in [1.807, 2.05) is 0 Å². The van der Waals surface area contributed by atoms with Crippen molar-refractivity contribution in [3.63, 3.8) is 0 Å². The van der Waals surface area contributed by atoms with E-state index in [4.69, 9.17) is 5.11 Å². The minimum absolute atomic E-state index is 0.0488. The van der Waals surface area contributed by atoms with E-state index in [0.717, 1.165) is 12.6 Å². The molecule has 0 atom stereocenters. The second-order valence-corrected chi connectivity index (χ2v) is 7.44. The Morgan fingerprint density at radius 2 is 2.17 bits per heavy atom. The molecule has 1 fully saturated rings. The third-order valence-electron chi connectivity index (χ3n) is 3.75. The minimum atomic E-state index is -3.87. The lowest BCUT2D eigenvalue weighted by Crippen LogP contribution is -2.15. The lowest BCUT2D eigenvalue weighted by molar-refractivity contribution is 0.0696. The lowest BCUT2D eigenvalue weighted by Gasteiger charge is -2.09. The van der Waals surface area contributed by atoms with E-state index in [-0.39, 0.29) is 10.5 Å². The summed E-state index contributed by atoms with van der Waals surface area (Å²) >= 11 is 0. The molecule has 2 aromatic rings. The number of rotatable bonds is 6. The molecule has 1 saturated carbocycles. The number of benzene rings is 1. The number of carbonyl (C=O) groups is 1. The smallest absolute Gasteiger partial charge is 0.335 e. The Kier molecular flexibility index (Phi) is 3.85. The molecule has 0 saturated heterocycles. The van der Waals surface area contributed by atoms with Gasteiger partial charge in [0.15, 0.2) is 0 Å². The number of anilines is 1. The van der Waals surface area contributed by atoms with Crippen molar-refractivity contribution >= 4 is 21.7 Å². The highest BCUT2D eigenvalue weighted by Crippen LogP contribution is 2.30. The van der Waals surface area contributed by atoms with Crippen LogP contribution in [0.4, 0.5) is 5.69 Å². The molecule has 2 N–H and O–H groups in total.